The molecule has 0 N–H and O–H groups in total. The summed E-state index contributed by atoms with van der Waals surface area (Å²) >= 11 is 0. The maximum Gasteiger partial charge on any atom is 1.00 e. The van der Waals surface area contributed by atoms with Crippen LogP contribution in [0.15, 0.2) is 42.5 Å². The predicted octanol–water partition coefficient (Wildman–Crippen LogP) is 2.66. The normalized spacial score (nSPS) is 12.1. The van der Waals surface area contributed by atoms with E-state index in [4.69, 9.17) is 4.74 Å². The number of rotatable bonds is 6. The van der Waals surface area contributed by atoms with Crippen molar-refractivity contribution in [2.24, 2.45) is 0 Å². The van der Waals surface area contributed by atoms with Gasteiger partial charge < -0.3 is 4.74 Å². The molecule has 2 aromatic carbocycles. The molecule has 28 heavy (non-hydrogen) atoms. The van der Waals surface area contributed by atoms with Gasteiger partial charge >= 0.3 is 31.2 Å². The standard InChI is InChI=1S/C18H15F6O2P.Li/c1-2-10-26-11-6-8-12(9-7-11)27-16(25)15-13(17(19,20)21)4-3-5-14(15)18(22,23)24;/h3-9,27H,2,10H2,1H3;/q;+1. The van der Waals surface area contributed by atoms with E-state index in [2.05, 4.69) is 0 Å². The van der Waals surface area contributed by atoms with Crippen LogP contribution in [0.5, 0.6) is 5.75 Å². The summed E-state index contributed by atoms with van der Waals surface area (Å²) in [5, 5.41) is 0.314. The minimum atomic E-state index is -5.07. The van der Waals surface area contributed by atoms with Gasteiger partial charge in [0.15, 0.2) is 5.52 Å². The molecule has 146 valence electrons. The third kappa shape index (κ3) is 6.27. The molecule has 10 heteroatoms. The van der Waals surface area contributed by atoms with Crippen LogP contribution in [0.1, 0.15) is 34.8 Å². The zero-order valence-electron chi connectivity index (χ0n) is 15.0. The zero-order chi connectivity index (χ0) is 20.2. The van der Waals surface area contributed by atoms with Gasteiger partial charge in [0.25, 0.3) is 0 Å². The number of halogens is 6. The summed E-state index contributed by atoms with van der Waals surface area (Å²) in [6, 6.07) is 7.54. The SMILES string of the molecule is CCCOc1ccc(PC(=O)c2c(C(F)(F)F)cccc2C(F)(F)F)cc1.[Li+]. The van der Waals surface area contributed by atoms with E-state index < -0.39 is 43.1 Å². The molecule has 2 nitrogen and oxygen atoms in total. The van der Waals surface area contributed by atoms with E-state index in [-0.39, 0.29) is 18.9 Å². The first-order valence-electron chi connectivity index (χ1n) is 7.85. The average molecular weight is 415 g/mol. The molecular formula is C18H15F6LiO2P+. The molecule has 2 aromatic rings. The minimum Gasteiger partial charge on any atom is -0.494 e. The Labute approximate surface area is 171 Å². The number of carbonyl (C=O) groups excluding carboxylic acids is 1. The molecule has 0 aliphatic heterocycles. The van der Waals surface area contributed by atoms with Gasteiger partial charge in [-0.3, -0.25) is 4.79 Å². The summed E-state index contributed by atoms with van der Waals surface area (Å²) in [5.41, 5.74) is -5.74. The summed E-state index contributed by atoms with van der Waals surface area (Å²) in [6.07, 6.45) is -9.38. The second kappa shape index (κ2) is 9.82. The Morgan fingerprint density at radius 1 is 0.929 bits per heavy atom. The molecular weight excluding hydrogens is 400 g/mol. The quantitative estimate of drug-likeness (QED) is 0.412. The molecule has 0 saturated heterocycles. The van der Waals surface area contributed by atoms with Crippen LogP contribution < -0.4 is 28.9 Å². The van der Waals surface area contributed by atoms with Gasteiger partial charge in [-0.05, 0) is 44.6 Å². The molecule has 0 amide bonds. The van der Waals surface area contributed by atoms with Crippen LogP contribution in [0.2, 0.25) is 0 Å². The smallest absolute Gasteiger partial charge is 0.494 e. The number of carbonyl (C=O) groups is 1. The van der Waals surface area contributed by atoms with Gasteiger partial charge in [0.2, 0.25) is 0 Å². The summed E-state index contributed by atoms with van der Waals surface area (Å²) in [7, 11) is -0.889. The van der Waals surface area contributed by atoms with E-state index in [0.717, 1.165) is 6.42 Å². The first kappa shape index (κ1) is 24.6. The molecule has 0 saturated carbocycles. The van der Waals surface area contributed by atoms with Crippen LogP contribution in [0.4, 0.5) is 26.3 Å². The van der Waals surface area contributed by atoms with E-state index in [1.165, 1.54) is 24.3 Å². The van der Waals surface area contributed by atoms with E-state index in [0.29, 0.717) is 35.9 Å². The first-order valence-corrected chi connectivity index (χ1v) is 8.85. The van der Waals surface area contributed by atoms with E-state index >= 15 is 0 Å². The summed E-state index contributed by atoms with van der Waals surface area (Å²) < 4.78 is 84.3. The van der Waals surface area contributed by atoms with Gasteiger partial charge in [-0.15, -0.1) is 0 Å². The maximum atomic E-state index is 13.2. The van der Waals surface area contributed by atoms with Gasteiger partial charge in [0, 0.05) is 5.56 Å². The van der Waals surface area contributed by atoms with Gasteiger partial charge in [-0.25, -0.2) is 0 Å². The molecule has 0 heterocycles. The van der Waals surface area contributed by atoms with Crippen molar-refractivity contribution in [2.45, 2.75) is 25.7 Å². The Morgan fingerprint density at radius 3 is 1.86 bits per heavy atom. The van der Waals surface area contributed by atoms with Crippen molar-refractivity contribution >= 4 is 19.4 Å². The third-order valence-electron chi connectivity index (χ3n) is 3.49. The number of hydrogen-bond donors (Lipinski definition) is 0. The maximum absolute atomic E-state index is 13.2. The van der Waals surface area contributed by atoms with E-state index in [1.54, 1.807) is 0 Å². The Hall–Kier alpha value is -1.48. The van der Waals surface area contributed by atoms with Crippen molar-refractivity contribution in [1.82, 2.24) is 0 Å². The molecule has 1 atom stereocenters. The van der Waals surface area contributed by atoms with Crippen LogP contribution in [0.3, 0.4) is 0 Å². The van der Waals surface area contributed by atoms with Crippen LogP contribution in [-0.2, 0) is 12.4 Å². The van der Waals surface area contributed by atoms with Crippen LogP contribution in [0, 0.1) is 0 Å². The summed E-state index contributed by atoms with van der Waals surface area (Å²) in [4.78, 5) is 12.4. The summed E-state index contributed by atoms with van der Waals surface area (Å²) in [5.74, 6) is 0.504. The second-order valence-electron chi connectivity index (χ2n) is 5.55. The predicted molar refractivity (Wildman–Crippen MR) is 91.0 cm³/mol. The van der Waals surface area contributed by atoms with E-state index in [1.807, 2.05) is 6.92 Å². The first-order chi connectivity index (χ1) is 12.5. The fourth-order valence-corrected chi connectivity index (χ4v) is 3.31. The van der Waals surface area contributed by atoms with Gasteiger partial charge in [-0.2, -0.15) is 26.3 Å². The molecule has 0 spiro atoms. The molecule has 0 fully saturated rings. The van der Waals surface area contributed by atoms with Crippen molar-refractivity contribution in [3.05, 3.63) is 59.2 Å². The van der Waals surface area contributed by atoms with Gasteiger partial charge in [0.1, 0.15) is 5.75 Å². The molecule has 0 bridgehead atoms. The topological polar surface area (TPSA) is 26.3 Å². The van der Waals surface area contributed by atoms with Crippen LogP contribution in [0.25, 0.3) is 0 Å². The minimum absolute atomic E-state index is 0. The van der Waals surface area contributed by atoms with E-state index in [9.17, 15) is 31.1 Å². The third-order valence-corrected chi connectivity index (χ3v) is 4.59. The fraction of sp³-hybridized carbons (Fsp3) is 0.278. The van der Waals surface area contributed by atoms with Crippen LogP contribution >= 0.6 is 8.58 Å². The molecule has 0 aliphatic carbocycles. The molecule has 0 radical (unpaired) electrons. The summed E-state index contributed by atoms with van der Waals surface area (Å²) in [6.45, 7) is 2.37. The molecule has 0 aromatic heterocycles. The van der Waals surface area contributed by atoms with Gasteiger partial charge in [0.05, 0.1) is 17.7 Å². The fourth-order valence-electron chi connectivity index (χ4n) is 2.32. The zero-order valence-corrected chi connectivity index (χ0v) is 16.0. The molecule has 2 rings (SSSR count). The largest absolute Gasteiger partial charge is 1.00 e. The van der Waals surface area contributed by atoms with Crippen molar-refractivity contribution < 1.29 is 54.7 Å². The Balaban J connectivity index is 0.00000392. The molecule has 1 unspecified atom stereocenters. The monoisotopic (exact) mass is 415 g/mol. The number of alkyl halides is 6. The van der Waals surface area contributed by atoms with Crippen molar-refractivity contribution in [3.8, 4) is 5.75 Å². The Kier molecular flexibility index (Phi) is 8.61. The number of benzene rings is 2. The molecule has 0 aliphatic rings. The number of ether oxygens (including phenoxy) is 1. The van der Waals surface area contributed by atoms with Crippen molar-refractivity contribution in [1.29, 1.82) is 0 Å². The number of hydrogen-bond acceptors (Lipinski definition) is 2. The Morgan fingerprint density at radius 2 is 1.43 bits per heavy atom. The van der Waals surface area contributed by atoms with Crippen LogP contribution in [-0.4, -0.2) is 12.1 Å². The van der Waals surface area contributed by atoms with Crippen molar-refractivity contribution in [2.75, 3.05) is 6.61 Å². The van der Waals surface area contributed by atoms with Gasteiger partial charge in [-0.1, -0.05) is 25.1 Å². The Bertz CT molecular complexity index is 771. The average Bonchev–Trinajstić information content (AvgIpc) is 2.59. The van der Waals surface area contributed by atoms with Crippen molar-refractivity contribution in [3.63, 3.8) is 0 Å². The second-order valence-corrected chi connectivity index (χ2v) is 6.83.